The summed E-state index contributed by atoms with van der Waals surface area (Å²) >= 11 is 0. The topological polar surface area (TPSA) is 111 Å². The van der Waals surface area contributed by atoms with E-state index in [-0.39, 0.29) is 17.4 Å². The number of amides is 1. The van der Waals surface area contributed by atoms with Crippen LogP contribution in [0.4, 0.5) is 17.2 Å². The third kappa shape index (κ3) is 3.14. The molecule has 1 amide bonds. The molecule has 0 aliphatic carbocycles. The van der Waals surface area contributed by atoms with E-state index in [2.05, 4.69) is 10.3 Å². The first-order chi connectivity index (χ1) is 9.88. The third-order valence-corrected chi connectivity index (χ3v) is 3.03. The summed E-state index contributed by atoms with van der Waals surface area (Å²) in [6.07, 6.45) is 1.44. The Morgan fingerprint density at radius 1 is 1.29 bits per heavy atom. The van der Waals surface area contributed by atoms with Gasteiger partial charge < -0.3 is 11.1 Å². The number of nitrogens with two attached hydrogens (primary N) is 1. The maximum absolute atomic E-state index is 12.1. The summed E-state index contributed by atoms with van der Waals surface area (Å²) in [6.45, 7) is 3.32. The normalized spacial score (nSPS) is 10.2. The number of anilines is 2. The number of pyridine rings is 1. The van der Waals surface area contributed by atoms with E-state index in [1.807, 2.05) is 0 Å². The van der Waals surface area contributed by atoms with Gasteiger partial charge in [0, 0.05) is 29.1 Å². The molecule has 0 saturated heterocycles. The van der Waals surface area contributed by atoms with Gasteiger partial charge in [0.25, 0.3) is 11.6 Å². The van der Waals surface area contributed by atoms with Crippen LogP contribution in [0.2, 0.25) is 0 Å². The van der Waals surface area contributed by atoms with Crippen molar-refractivity contribution in [3.8, 4) is 0 Å². The highest BCUT2D eigenvalue weighted by molar-refractivity contribution is 6.05. The van der Waals surface area contributed by atoms with Gasteiger partial charge in [0.15, 0.2) is 0 Å². The predicted octanol–water partition coefficient (Wildman–Crippen LogP) is 2.44. The van der Waals surface area contributed by atoms with Crippen LogP contribution < -0.4 is 11.1 Å². The quantitative estimate of drug-likeness (QED) is 0.665. The van der Waals surface area contributed by atoms with Crippen LogP contribution in [0.1, 0.15) is 21.5 Å². The average molecular weight is 286 g/mol. The molecule has 1 aromatic carbocycles. The van der Waals surface area contributed by atoms with Crippen molar-refractivity contribution in [1.82, 2.24) is 4.98 Å². The number of rotatable bonds is 3. The highest BCUT2D eigenvalue weighted by Gasteiger charge is 2.15. The van der Waals surface area contributed by atoms with Gasteiger partial charge in [0.05, 0.1) is 4.92 Å². The van der Waals surface area contributed by atoms with E-state index in [0.29, 0.717) is 22.4 Å². The Bertz CT molecular complexity index is 728. The molecule has 0 saturated carbocycles. The minimum absolute atomic E-state index is 0.0265. The number of nitrogens with zero attached hydrogens (tertiary/aromatic N) is 2. The first-order valence-corrected chi connectivity index (χ1v) is 6.17. The van der Waals surface area contributed by atoms with Gasteiger partial charge in [-0.3, -0.25) is 14.9 Å². The predicted molar refractivity (Wildman–Crippen MR) is 79.2 cm³/mol. The molecule has 0 radical (unpaired) electrons. The van der Waals surface area contributed by atoms with E-state index < -0.39 is 4.92 Å². The second-order valence-corrected chi connectivity index (χ2v) is 4.63. The number of benzene rings is 1. The molecule has 0 aliphatic heterocycles. The fourth-order valence-electron chi connectivity index (χ4n) is 1.92. The molecule has 0 atom stereocenters. The lowest BCUT2D eigenvalue weighted by Crippen LogP contribution is -2.13. The number of hydrogen-bond donors (Lipinski definition) is 2. The van der Waals surface area contributed by atoms with Crippen LogP contribution in [0.15, 0.2) is 30.5 Å². The molecule has 2 aromatic rings. The molecule has 108 valence electrons. The molecule has 0 unspecified atom stereocenters. The number of carbonyl (C=O) groups excluding carboxylic acids is 1. The van der Waals surface area contributed by atoms with Crippen LogP contribution in [0.5, 0.6) is 0 Å². The summed E-state index contributed by atoms with van der Waals surface area (Å²) in [5.74, 6) is -0.0975. The van der Waals surface area contributed by atoms with E-state index in [0.717, 1.165) is 0 Å². The molecule has 0 fully saturated rings. The monoisotopic (exact) mass is 286 g/mol. The lowest BCUT2D eigenvalue weighted by molar-refractivity contribution is -0.385. The molecular formula is C14H14N4O3. The largest absolute Gasteiger partial charge is 0.384 e. The van der Waals surface area contributed by atoms with E-state index >= 15 is 0 Å². The zero-order chi connectivity index (χ0) is 15.6. The van der Waals surface area contributed by atoms with Gasteiger partial charge in [-0.2, -0.15) is 0 Å². The molecule has 0 bridgehead atoms. The Morgan fingerprint density at radius 3 is 2.62 bits per heavy atom. The second kappa shape index (κ2) is 5.58. The van der Waals surface area contributed by atoms with Crippen molar-refractivity contribution in [2.45, 2.75) is 13.8 Å². The maximum atomic E-state index is 12.1. The van der Waals surface area contributed by atoms with Gasteiger partial charge in [-0.05, 0) is 37.6 Å². The van der Waals surface area contributed by atoms with Crippen molar-refractivity contribution in [3.05, 3.63) is 57.3 Å². The van der Waals surface area contributed by atoms with E-state index in [1.54, 1.807) is 26.0 Å². The third-order valence-electron chi connectivity index (χ3n) is 3.03. The number of hydrogen-bond acceptors (Lipinski definition) is 5. The minimum atomic E-state index is -0.447. The second-order valence-electron chi connectivity index (χ2n) is 4.63. The van der Waals surface area contributed by atoms with Crippen LogP contribution in [0, 0.1) is 24.0 Å². The van der Waals surface area contributed by atoms with Gasteiger partial charge in [0.2, 0.25) is 0 Å². The lowest BCUT2D eigenvalue weighted by Gasteiger charge is -2.10. The van der Waals surface area contributed by atoms with Gasteiger partial charge in [-0.25, -0.2) is 4.98 Å². The summed E-state index contributed by atoms with van der Waals surface area (Å²) in [5, 5.41) is 13.6. The van der Waals surface area contributed by atoms with Gasteiger partial charge in [0.1, 0.15) is 5.82 Å². The molecule has 1 heterocycles. The number of nitrogens with one attached hydrogen (secondary N) is 1. The number of carbonyl (C=O) groups is 1. The van der Waals surface area contributed by atoms with Crippen LogP contribution in [-0.4, -0.2) is 15.8 Å². The van der Waals surface area contributed by atoms with Crippen LogP contribution in [0.25, 0.3) is 0 Å². The van der Waals surface area contributed by atoms with Crippen molar-refractivity contribution >= 4 is 23.1 Å². The molecule has 1 aromatic heterocycles. The Kier molecular flexibility index (Phi) is 3.84. The Balaban J connectivity index is 2.30. The summed E-state index contributed by atoms with van der Waals surface area (Å²) in [7, 11) is 0. The average Bonchev–Trinajstić information content (AvgIpc) is 2.42. The van der Waals surface area contributed by atoms with Crippen molar-refractivity contribution in [3.63, 3.8) is 0 Å². The zero-order valence-corrected chi connectivity index (χ0v) is 11.6. The first kappa shape index (κ1) is 14.4. The number of nitrogen functional groups attached to an aromatic ring is 1. The highest BCUT2D eigenvalue weighted by atomic mass is 16.6. The van der Waals surface area contributed by atoms with Crippen molar-refractivity contribution in [1.29, 1.82) is 0 Å². The van der Waals surface area contributed by atoms with Crippen molar-refractivity contribution in [2.75, 3.05) is 11.1 Å². The number of nitro benzene ring substituents is 1. The molecule has 21 heavy (non-hydrogen) atoms. The van der Waals surface area contributed by atoms with Gasteiger partial charge in [-0.1, -0.05) is 0 Å². The molecule has 3 N–H and O–H groups in total. The maximum Gasteiger partial charge on any atom is 0.272 e. The summed E-state index contributed by atoms with van der Waals surface area (Å²) in [6, 6.07) is 6.02. The van der Waals surface area contributed by atoms with Gasteiger partial charge >= 0.3 is 0 Å². The SMILES string of the molecule is Cc1cc([N+](=O)[O-])c(C)cc1NC(=O)c1ccnc(N)c1. The Morgan fingerprint density at radius 2 is 2.00 bits per heavy atom. The Labute approximate surface area is 121 Å². The van der Waals surface area contributed by atoms with Crippen LogP contribution in [0.3, 0.4) is 0 Å². The van der Waals surface area contributed by atoms with Crippen LogP contribution >= 0.6 is 0 Å². The number of aromatic nitrogens is 1. The van der Waals surface area contributed by atoms with Crippen LogP contribution in [-0.2, 0) is 0 Å². The fraction of sp³-hybridized carbons (Fsp3) is 0.143. The first-order valence-electron chi connectivity index (χ1n) is 6.17. The molecule has 7 heteroatoms. The summed E-state index contributed by atoms with van der Waals surface area (Å²) in [4.78, 5) is 26.4. The number of nitro groups is 1. The highest BCUT2D eigenvalue weighted by Crippen LogP contribution is 2.26. The van der Waals surface area contributed by atoms with E-state index in [1.165, 1.54) is 18.3 Å². The molecule has 7 nitrogen and oxygen atoms in total. The molecule has 0 spiro atoms. The number of aryl methyl sites for hydroxylation is 2. The molecule has 2 rings (SSSR count). The molecule has 0 aliphatic rings. The lowest BCUT2D eigenvalue weighted by atomic mass is 10.1. The van der Waals surface area contributed by atoms with Crippen molar-refractivity contribution in [2.24, 2.45) is 0 Å². The fourth-order valence-corrected chi connectivity index (χ4v) is 1.92. The summed E-state index contributed by atoms with van der Waals surface area (Å²) in [5.41, 5.74) is 7.55. The molecular weight excluding hydrogens is 272 g/mol. The standard InChI is InChI=1S/C14H14N4O3/c1-8-6-12(18(20)21)9(2)5-11(8)17-14(19)10-3-4-16-13(15)7-10/h3-7H,1-2H3,(H2,15,16)(H,17,19). The minimum Gasteiger partial charge on any atom is -0.384 e. The summed E-state index contributed by atoms with van der Waals surface area (Å²) < 4.78 is 0. The Hall–Kier alpha value is -2.96. The smallest absolute Gasteiger partial charge is 0.272 e. The van der Waals surface area contributed by atoms with Crippen molar-refractivity contribution < 1.29 is 9.72 Å². The van der Waals surface area contributed by atoms with E-state index in [4.69, 9.17) is 5.73 Å². The van der Waals surface area contributed by atoms with Gasteiger partial charge in [-0.15, -0.1) is 0 Å². The van der Waals surface area contributed by atoms with E-state index in [9.17, 15) is 14.9 Å². The zero-order valence-electron chi connectivity index (χ0n) is 11.6.